The van der Waals surface area contributed by atoms with Gasteiger partial charge in [-0.2, -0.15) is 5.26 Å². The van der Waals surface area contributed by atoms with Crippen LogP contribution in [0, 0.1) is 11.3 Å². The predicted molar refractivity (Wildman–Crippen MR) is 81.0 cm³/mol. The summed E-state index contributed by atoms with van der Waals surface area (Å²) in [4.78, 5) is 11.3. The maximum Gasteiger partial charge on any atom is 0.352 e. The second-order valence-electron chi connectivity index (χ2n) is 4.71. The van der Waals surface area contributed by atoms with Crippen LogP contribution >= 0.6 is 0 Å². The van der Waals surface area contributed by atoms with E-state index in [0.29, 0.717) is 17.0 Å². The molecule has 0 atom stereocenters. The molecule has 3 rings (SSSR count). The zero-order valence-electron chi connectivity index (χ0n) is 11.6. The van der Waals surface area contributed by atoms with E-state index in [2.05, 4.69) is 0 Å². The summed E-state index contributed by atoms with van der Waals surface area (Å²) in [5.41, 5.74) is 0.785. The molecule has 0 aliphatic heterocycles. The van der Waals surface area contributed by atoms with Crippen molar-refractivity contribution in [1.29, 1.82) is 5.26 Å². The van der Waals surface area contributed by atoms with Crippen LogP contribution in [0.5, 0.6) is 11.5 Å². The van der Waals surface area contributed by atoms with E-state index in [1.165, 1.54) is 4.57 Å². The first-order valence-electron chi connectivity index (χ1n) is 6.65. The summed E-state index contributed by atoms with van der Waals surface area (Å²) in [6.45, 7) is -0.00990. The number of carboxylic acid groups (broad SMARTS) is 1. The highest BCUT2D eigenvalue weighted by Crippen LogP contribution is 2.28. The molecule has 22 heavy (non-hydrogen) atoms. The Morgan fingerprint density at radius 2 is 1.91 bits per heavy atom. The number of hydrogen-bond donors (Lipinski definition) is 1. The Balaban J connectivity index is 2.03. The smallest absolute Gasteiger partial charge is 0.352 e. The number of benzene rings is 2. The minimum atomic E-state index is -1.06. The Hall–Kier alpha value is -3.26. The van der Waals surface area contributed by atoms with Gasteiger partial charge in [0.15, 0.2) is 0 Å². The van der Waals surface area contributed by atoms with Crippen molar-refractivity contribution in [3.05, 3.63) is 60.3 Å². The highest BCUT2D eigenvalue weighted by Gasteiger charge is 2.14. The molecule has 1 N–H and O–H groups in total. The normalized spacial score (nSPS) is 10.3. The third kappa shape index (κ3) is 2.50. The minimum Gasteiger partial charge on any atom is -0.477 e. The molecule has 0 aliphatic rings. The molecule has 0 amide bonds. The lowest BCUT2D eigenvalue weighted by molar-refractivity contribution is 0.0686. The average molecular weight is 292 g/mol. The standard InChI is InChI=1S/C17H12N2O3/c18-8-9-19-15-7-6-14(22-13-4-2-1-3-5-13)10-12(15)11-16(19)17(20)21/h1-7,10-11H,9H2,(H,20,21). The van der Waals surface area contributed by atoms with E-state index in [1.807, 2.05) is 36.4 Å². The maximum absolute atomic E-state index is 11.3. The molecule has 1 heterocycles. The molecule has 1 aromatic heterocycles. The first kappa shape index (κ1) is 13.7. The number of nitrogens with zero attached hydrogens (tertiary/aromatic N) is 2. The molecular formula is C17H12N2O3. The second-order valence-corrected chi connectivity index (χ2v) is 4.71. The van der Waals surface area contributed by atoms with Crippen LogP contribution in [-0.2, 0) is 6.54 Å². The monoisotopic (exact) mass is 292 g/mol. The number of nitriles is 1. The largest absolute Gasteiger partial charge is 0.477 e. The molecule has 0 radical (unpaired) electrons. The SMILES string of the molecule is N#CCn1c(C(=O)O)cc2cc(Oc3ccccc3)ccc21. The lowest BCUT2D eigenvalue weighted by Crippen LogP contribution is -2.07. The molecule has 5 nitrogen and oxygen atoms in total. The maximum atomic E-state index is 11.3. The molecule has 5 heteroatoms. The van der Waals surface area contributed by atoms with Gasteiger partial charge < -0.3 is 14.4 Å². The van der Waals surface area contributed by atoms with Gasteiger partial charge in [0.05, 0.1) is 6.07 Å². The summed E-state index contributed by atoms with van der Waals surface area (Å²) in [5.74, 6) is 0.262. The molecule has 0 saturated carbocycles. The first-order chi connectivity index (χ1) is 10.7. The van der Waals surface area contributed by atoms with Gasteiger partial charge in [-0.25, -0.2) is 4.79 Å². The van der Waals surface area contributed by atoms with Gasteiger partial charge >= 0.3 is 5.97 Å². The van der Waals surface area contributed by atoms with Gasteiger partial charge in [0, 0.05) is 10.9 Å². The van der Waals surface area contributed by atoms with Gasteiger partial charge in [0.2, 0.25) is 0 Å². The van der Waals surface area contributed by atoms with Crippen molar-refractivity contribution in [2.45, 2.75) is 6.54 Å². The predicted octanol–water partition coefficient (Wildman–Crippen LogP) is 3.66. The van der Waals surface area contributed by atoms with Crippen LogP contribution in [0.4, 0.5) is 0 Å². The number of aromatic carboxylic acids is 1. The van der Waals surface area contributed by atoms with Gasteiger partial charge in [-0.15, -0.1) is 0 Å². The third-order valence-electron chi connectivity index (χ3n) is 3.30. The number of carboxylic acids is 1. The lowest BCUT2D eigenvalue weighted by atomic mass is 10.2. The molecule has 0 aliphatic carbocycles. The highest BCUT2D eigenvalue weighted by molar-refractivity contribution is 5.95. The van der Waals surface area contributed by atoms with E-state index in [4.69, 9.17) is 10.00 Å². The van der Waals surface area contributed by atoms with Crippen molar-refractivity contribution < 1.29 is 14.6 Å². The van der Waals surface area contributed by atoms with E-state index in [1.54, 1.807) is 24.3 Å². The van der Waals surface area contributed by atoms with E-state index < -0.39 is 5.97 Å². The first-order valence-corrected chi connectivity index (χ1v) is 6.65. The number of para-hydroxylation sites is 1. The topological polar surface area (TPSA) is 75.2 Å². The second kappa shape index (κ2) is 5.62. The van der Waals surface area contributed by atoms with Crippen molar-refractivity contribution in [3.63, 3.8) is 0 Å². The average Bonchev–Trinajstić information content (AvgIpc) is 2.87. The number of hydrogen-bond acceptors (Lipinski definition) is 3. The number of ether oxygens (including phenoxy) is 1. The van der Waals surface area contributed by atoms with Crippen LogP contribution in [-0.4, -0.2) is 15.6 Å². The van der Waals surface area contributed by atoms with Crippen LogP contribution in [0.25, 0.3) is 10.9 Å². The van der Waals surface area contributed by atoms with Crippen molar-refractivity contribution in [1.82, 2.24) is 4.57 Å². The lowest BCUT2D eigenvalue weighted by Gasteiger charge is -2.06. The number of aromatic nitrogens is 1. The minimum absolute atomic E-state index is 0.00990. The summed E-state index contributed by atoms with van der Waals surface area (Å²) in [6.07, 6.45) is 0. The number of fused-ring (bicyclic) bond motifs is 1. The quantitative estimate of drug-likeness (QED) is 0.796. The van der Waals surface area contributed by atoms with Gasteiger partial charge in [-0.05, 0) is 36.4 Å². The Labute approximate surface area is 126 Å². The van der Waals surface area contributed by atoms with Crippen molar-refractivity contribution in [2.24, 2.45) is 0 Å². The summed E-state index contributed by atoms with van der Waals surface area (Å²) < 4.78 is 7.21. The fourth-order valence-electron chi connectivity index (χ4n) is 2.36. The molecule has 2 aromatic carbocycles. The van der Waals surface area contributed by atoms with E-state index >= 15 is 0 Å². The van der Waals surface area contributed by atoms with Crippen LogP contribution in [0.2, 0.25) is 0 Å². The molecule has 0 unspecified atom stereocenters. The molecule has 0 bridgehead atoms. The van der Waals surface area contributed by atoms with Gasteiger partial charge in [0.25, 0.3) is 0 Å². The number of carbonyl (C=O) groups is 1. The van der Waals surface area contributed by atoms with E-state index in [0.717, 1.165) is 5.39 Å². The Morgan fingerprint density at radius 1 is 1.14 bits per heavy atom. The third-order valence-corrected chi connectivity index (χ3v) is 3.30. The van der Waals surface area contributed by atoms with Crippen molar-refractivity contribution >= 4 is 16.9 Å². The fraction of sp³-hybridized carbons (Fsp3) is 0.0588. The molecule has 0 spiro atoms. The fourth-order valence-corrected chi connectivity index (χ4v) is 2.36. The summed E-state index contributed by atoms with van der Waals surface area (Å²) in [6, 6.07) is 18.1. The Morgan fingerprint density at radius 3 is 2.59 bits per heavy atom. The van der Waals surface area contributed by atoms with Crippen LogP contribution in [0.15, 0.2) is 54.6 Å². The zero-order valence-corrected chi connectivity index (χ0v) is 11.6. The van der Waals surface area contributed by atoms with Gasteiger partial charge in [-0.3, -0.25) is 0 Å². The van der Waals surface area contributed by atoms with Crippen molar-refractivity contribution in [3.8, 4) is 17.6 Å². The van der Waals surface area contributed by atoms with Gasteiger partial charge in [-0.1, -0.05) is 18.2 Å². The highest BCUT2D eigenvalue weighted by atomic mass is 16.5. The molecule has 108 valence electrons. The molecular weight excluding hydrogens is 280 g/mol. The zero-order chi connectivity index (χ0) is 15.5. The van der Waals surface area contributed by atoms with E-state index in [9.17, 15) is 9.90 Å². The Kier molecular flexibility index (Phi) is 3.50. The van der Waals surface area contributed by atoms with Crippen LogP contribution in [0.1, 0.15) is 10.5 Å². The summed E-state index contributed by atoms with van der Waals surface area (Å²) in [5, 5.41) is 18.8. The Bertz CT molecular complexity index is 876. The van der Waals surface area contributed by atoms with Crippen LogP contribution < -0.4 is 4.74 Å². The summed E-state index contributed by atoms with van der Waals surface area (Å²) >= 11 is 0. The molecule has 0 saturated heterocycles. The summed E-state index contributed by atoms with van der Waals surface area (Å²) in [7, 11) is 0. The van der Waals surface area contributed by atoms with Crippen LogP contribution in [0.3, 0.4) is 0 Å². The molecule has 0 fully saturated rings. The van der Waals surface area contributed by atoms with E-state index in [-0.39, 0.29) is 12.2 Å². The number of rotatable bonds is 4. The van der Waals surface area contributed by atoms with Gasteiger partial charge in [0.1, 0.15) is 23.7 Å². The van der Waals surface area contributed by atoms with Crippen molar-refractivity contribution in [2.75, 3.05) is 0 Å². The molecule has 3 aromatic rings.